The molecule has 0 fully saturated rings. The zero-order chi connectivity index (χ0) is 27.0. The second-order valence-corrected chi connectivity index (χ2v) is 10.1. The maximum Gasteiger partial charge on any atom is 0.416 e. The van der Waals surface area contributed by atoms with E-state index in [2.05, 4.69) is 20.6 Å². The molecule has 192 valence electrons. The van der Waals surface area contributed by atoms with Crippen LogP contribution in [0.15, 0.2) is 54.7 Å². The van der Waals surface area contributed by atoms with Gasteiger partial charge in [0.05, 0.1) is 26.8 Å². The van der Waals surface area contributed by atoms with Crippen LogP contribution in [0.4, 0.5) is 39.7 Å². The summed E-state index contributed by atoms with van der Waals surface area (Å²) in [5.41, 5.74) is 6.23. The van der Waals surface area contributed by atoms with Gasteiger partial charge >= 0.3 is 12.2 Å². The number of carbonyl (C=O) groups excluding carboxylic acids is 1. The monoisotopic (exact) mass is 530 g/mol. The molecule has 2 aromatic carbocycles. The van der Waals surface area contributed by atoms with Crippen molar-refractivity contribution in [3.8, 4) is 21.8 Å². The van der Waals surface area contributed by atoms with Gasteiger partial charge in [-0.1, -0.05) is 26.8 Å². The highest BCUT2D eigenvalue weighted by molar-refractivity contribution is 7.15. The molecule has 4 rings (SSSR count). The Balaban J connectivity index is 1.64. The van der Waals surface area contributed by atoms with E-state index in [1.54, 1.807) is 12.1 Å². The number of benzene rings is 2. The van der Waals surface area contributed by atoms with Crippen molar-refractivity contribution in [2.24, 2.45) is 0 Å². The molecular weight excluding hydrogens is 508 g/mol. The quantitative estimate of drug-likeness (QED) is 0.248. The predicted molar refractivity (Wildman–Crippen MR) is 136 cm³/mol. The molecule has 0 aliphatic heterocycles. The van der Waals surface area contributed by atoms with Crippen molar-refractivity contribution in [3.05, 3.63) is 71.1 Å². The fourth-order valence-corrected chi connectivity index (χ4v) is 4.43. The summed E-state index contributed by atoms with van der Waals surface area (Å²) >= 11 is 1.40. The molecule has 0 aliphatic rings. The summed E-state index contributed by atoms with van der Waals surface area (Å²) in [5.74, 6) is -0.616. The summed E-state index contributed by atoms with van der Waals surface area (Å²) < 4.78 is 52.9. The number of nitrogens with one attached hydrogen (secondary N) is 2. The molecule has 37 heavy (non-hydrogen) atoms. The fourth-order valence-electron chi connectivity index (χ4n) is 3.31. The third-order valence-corrected chi connectivity index (χ3v) is 6.66. The maximum atomic E-state index is 14.6. The number of rotatable bonds is 4. The van der Waals surface area contributed by atoms with Gasteiger partial charge in [0.1, 0.15) is 11.5 Å². The normalized spacial score (nSPS) is 11.9. The predicted octanol–water partition coefficient (Wildman–Crippen LogP) is 6.95. The summed E-state index contributed by atoms with van der Waals surface area (Å²) in [5, 5.41) is 5.62. The van der Waals surface area contributed by atoms with Gasteiger partial charge in [-0.2, -0.15) is 13.2 Å². The van der Waals surface area contributed by atoms with Gasteiger partial charge < -0.3 is 16.4 Å². The van der Waals surface area contributed by atoms with Crippen LogP contribution in [0.1, 0.15) is 31.3 Å². The highest BCUT2D eigenvalue weighted by Crippen LogP contribution is 2.41. The van der Waals surface area contributed by atoms with Crippen molar-refractivity contribution < 1.29 is 22.4 Å². The van der Waals surface area contributed by atoms with Crippen LogP contribution in [-0.4, -0.2) is 21.0 Å². The van der Waals surface area contributed by atoms with E-state index in [-0.39, 0.29) is 22.7 Å². The summed E-state index contributed by atoms with van der Waals surface area (Å²) in [6.45, 7) is 6.03. The first kappa shape index (κ1) is 26.0. The zero-order valence-electron chi connectivity index (χ0n) is 19.9. The molecule has 2 amide bonds. The molecule has 0 saturated heterocycles. The molecule has 0 bridgehead atoms. The van der Waals surface area contributed by atoms with Crippen LogP contribution in [0, 0.1) is 5.82 Å². The second kappa shape index (κ2) is 9.77. The molecule has 0 spiro atoms. The van der Waals surface area contributed by atoms with E-state index in [1.165, 1.54) is 29.7 Å². The number of nitrogen functional groups attached to an aromatic ring is 1. The number of carbonyl (C=O) groups is 1. The van der Waals surface area contributed by atoms with Gasteiger partial charge in [0, 0.05) is 17.3 Å². The first-order valence-electron chi connectivity index (χ1n) is 11.0. The lowest BCUT2D eigenvalue weighted by Gasteiger charge is -2.13. The Morgan fingerprint density at radius 2 is 1.68 bits per heavy atom. The lowest BCUT2D eigenvalue weighted by atomic mass is 9.98. The summed E-state index contributed by atoms with van der Waals surface area (Å²) in [7, 11) is 0. The average Bonchev–Trinajstić information content (AvgIpc) is 3.26. The molecular formula is C25H22F4N6OS. The average molecular weight is 531 g/mol. The summed E-state index contributed by atoms with van der Waals surface area (Å²) in [6, 6.07) is 8.97. The van der Waals surface area contributed by atoms with Gasteiger partial charge in [0.15, 0.2) is 0 Å². The van der Waals surface area contributed by atoms with E-state index < -0.39 is 23.6 Å². The Labute approximate surface area is 213 Å². The molecule has 0 atom stereocenters. The van der Waals surface area contributed by atoms with E-state index in [0.29, 0.717) is 21.8 Å². The third kappa shape index (κ3) is 6.02. The Bertz CT molecular complexity index is 1450. The standard InChI is InChI=1S/C25H22F4N6OS/c1-24(2,3)21-35-19(17-10-11-31-22(30)33-17)20(37-21)13-4-9-16(26)18(12-13)34-23(36)32-15-7-5-14(6-8-15)25(27,28)29/h4-12H,1-3H3,(H2,30,31,33)(H2,32,34,36). The molecule has 0 aliphatic carbocycles. The van der Waals surface area contributed by atoms with Crippen molar-refractivity contribution in [1.29, 1.82) is 0 Å². The van der Waals surface area contributed by atoms with Gasteiger partial charge in [-0.15, -0.1) is 11.3 Å². The van der Waals surface area contributed by atoms with Crippen LogP contribution in [0.25, 0.3) is 21.8 Å². The minimum atomic E-state index is -4.50. The van der Waals surface area contributed by atoms with Crippen molar-refractivity contribution >= 4 is 34.7 Å². The molecule has 2 heterocycles. The van der Waals surface area contributed by atoms with Crippen LogP contribution in [-0.2, 0) is 11.6 Å². The molecule has 7 nitrogen and oxygen atoms in total. The van der Waals surface area contributed by atoms with Gasteiger partial charge in [-0.05, 0) is 48.0 Å². The Morgan fingerprint density at radius 1 is 0.973 bits per heavy atom. The lowest BCUT2D eigenvalue weighted by molar-refractivity contribution is -0.137. The molecule has 4 aromatic rings. The minimum Gasteiger partial charge on any atom is -0.368 e. The van der Waals surface area contributed by atoms with E-state index >= 15 is 0 Å². The third-order valence-electron chi connectivity index (χ3n) is 5.13. The van der Waals surface area contributed by atoms with Crippen LogP contribution in [0.5, 0.6) is 0 Å². The lowest BCUT2D eigenvalue weighted by Crippen LogP contribution is -2.20. The maximum absolute atomic E-state index is 14.6. The van der Waals surface area contributed by atoms with Crippen LogP contribution in [0.3, 0.4) is 0 Å². The van der Waals surface area contributed by atoms with Gasteiger partial charge in [-0.25, -0.2) is 24.1 Å². The Hall–Kier alpha value is -4.06. The molecule has 12 heteroatoms. The second-order valence-electron chi connectivity index (χ2n) is 9.10. The number of amides is 2. The highest BCUT2D eigenvalue weighted by atomic mass is 32.1. The number of aromatic nitrogens is 3. The van der Waals surface area contributed by atoms with E-state index in [1.807, 2.05) is 20.8 Å². The first-order chi connectivity index (χ1) is 17.3. The Kier molecular flexibility index (Phi) is 6.87. The number of hydrogen-bond donors (Lipinski definition) is 3. The van der Waals surface area contributed by atoms with Crippen LogP contribution in [0.2, 0.25) is 0 Å². The summed E-state index contributed by atoms with van der Waals surface area (Å²) in [6.07, 6.45) is -2.98. The molecule has 2 aromatic heterocycles. The number of nitrogens with zero attached hydrogens (tertiary/aromatic N) is 3. The molecule has 0 saturated carbocycles. The van der Waals surface area contributed by atoms with Crippen molar-refractivity contribution in [3.63, 3.8) is 0 Å². The van der Waals surface area contributed by atoms with Crippen molar-refractivity contribution in [1.82, 2.24) is 15.0 Å². The number of thiazole rings is 1. The summed E-state index contributed by atoms with van der Waals surface area (Å²) in [4.78, 5) is 26.1. The number of alkyl halides is 3. The highest BCUT2D eigenvalue weighted by Gasteiger charge is 2.30. The van der Waals surface area contributed by atoms with Crippen molar-refractivity contribution in [2.45, 2.75) is 32.4 Å². The van der Waals surface area contributed by atoms with Crippen LogP contribution >= 0.6 is 11.3 Å². The van der Waals surface area contributed by atoms with Crippen molar-refractivity contribution in [2.75, 3.05) is 16.4 Å². The number of hydrogen-bond acceptors (Lipinski definition) is 6. The number of nitrogens with two attached hydrogens (primary N) is 1. The van der Waals surface area contributed by atoms with E-state index in [4.69, 9.17) is 10.7 Å². The minimum absolute atomic E-state index is 0.0788. The topological polar surface area (TPSA) is 106 Å². The van der Waals surface area contributed by atoms with Crippen LogP contribution < -0.4 is 16.4 Å². The largest absolute Gasteiger partial charge is 0.416 e. The smallest absolute Gasteiger partial charge is 0.368 e. The first-order valence-corrected chi connectivity index (χ1v) is 11.8. The number of urea groups is 1. The molecule has 0 radical (unpaired) electrons. The van der Waals surface area contributed by atoms with Gasteiger partial charge in [0.2, 0.25) is 5.95 Å². The molecule has 0 unspecified atom stereocenters. The van der Waals surface area contributed by atoms with E-state index in [9.17, 15) is 22.4 Å². The Morgan fingerprint density at radius 3 is 2.30 bits per heavy atom. The van der Waals surface area contributed by atoms with Gasteiger partial charge in [-0.3, -0.25) is 0 Å². The number of halogens is 4. The number of anilines is 3. The van der Waals surface area contributed by atoms with Gasteiger partial charge in [0.25, 0.3) is 0 Å². The SMILES string of the molecule is CC(C)(C)c1nc(-c2ccnc(N)n2)c(-c2ccc(F)c(NC(=O)Nc3ccc(C(F)(F)F)cc3)c2)s1. The zero-order valence-corrected chi connectivity index (χ0v) is 20.8. The molecule has 4 N–H and O–H groups in total. The van der Waals surface area contributed by atoms with E-state index in [0.717, 1.165) is 29.3 Å². The fraction of sp³-hybridized carbons (Fsp3) is 0.200.